The van der Waals surface area contributed by atoms with Gasteiger partial charge in [-0.2, -0.15) is 0 Å². The van der Waals surface area contributed by atoms with Crippen molar-refractivity contribution in [3.63, 3.8) is 0 Å². The lowest BCUT2D eigenvalue weighted by molar-refractivity contribution is -0.141. The van der Waals surface area contributed by atoms with Crippen LogP contribution in [0.3, 0.4) is 0 Å². The summed E-state index contributed by atoms with van der Waals surface area (Å²) in [7, 11) is 0. The monoisotopic (exact) mass is 267 g/mol. The molecule has 1 fully saturated rings. The highest BCUT2D eigenvalue weighted by molar-refractivity contribution is 6.30. The molecule has 0 radical (unpaired) electrons. The Kier molecular flexibility index (Phi) is 3.30. The number of aliphatic carboxylic acids is 1. The van der Waals surface area contributed by atoms with Gasteiger partial charge in [0.25, 0.3) is 0 Å². The van der Waals surface area contributed by atoms with Gasteiger partial charge < -0.3 is 10.4 Å². The number of hydrogen-bond donors (Lipinski definition) is 2. The minimum atomic E-state index is -1.03. The molecule has 4 nitrogen and oxygen atoms in total. The molecule has 1 saturated carbocycles. The number of nitrogens with one attached hydrogen (secondary N) is 1. The Balaban J connectivity index is 2.14. The second kappa shape index (κ2) is 4.61. The molecule has 2 rings (SSSR count). The fourth-order valence-electron chi connectivity index (χ4n) is 1.94. The van der Waals surface area contributed by atoms with Crippen molar-refractivity contribution >= 4 is 23.5 Å². The van der Waals surface area contributed by atoms with Crippen molar-refractivity contribution < 1.29 is 14.7 Å². The summed E-state index contributed by atoms with van der Waals surface area (Å²) in [6.07, 6.45) is 1.49. The van der Waals surface area contributed by atoms with Crippen molar-refractivity contribution in [2.24, 2.45) is 0 Å². The number of carboxylic acid groups (broad SMARTS) is 1. The number of halogens is 1. The molecule has 0 spiro atoms. The van der Waals surface area contributed by atoms with Crippen molar-refractivity contribution in [3.8, 4) is 0 Å². The van der Waals surface area contributed by atoms with Gasteiger partial charge in [-0.25, -0.2) is 0 Å². The molecular weight excluding hydrogens is 254 g/mol. The van der Waals surface area contributed by atoms with E-state index in [2.05, 4.69) is 5.32 Å². The Morgan fingerprint density at radius 2 is 1.89 bits per heavy atom. The van der Waals surface area contributed by atoms with E-state index in [9.17, 15) is 9.59 Å². The number of rotatable bonds is 4. The molecule has 5 heteroatoms. The third-order valence-electron chi connectivity index (χ3n) is 3.30. The lowest BCUT2D eigenvalue weighted by Gasteiger charge is -2.17. The Labute approximate surface area is 110 Å². The third kappa shape index (κ3) is 2.34. The van der Waals surface area contributed by atoms with Crippen LogP contribution in [0.2, 0.25) is 5.02 Å². The molecule has 0 bridgehead atoms. The normalized spacial score (nSPS) is 17.9. The van der Waals surface area contributed by atoms with E-state index < -0.39 is 17.4 Å². The average molecular weight is 268 g/mol. The van der Waals surface area contributed by atoms with E-state index in [0.29, 0.717) is 5.02 Å². The Morgan fingerprint density at radius 1 is 1.33 bits per heavy atom. The second-order valence-electron chi connectivity index (χ2n) is 4.62. The SMILES string of the molecule is C[C@@H](NC(=O)C1(c2ccc(Cl)cc2)CC1)C(=O)O. The van der Waals surface area contributed by atoms with Crippen molar-refractivity contribution in [1.82, 2.24) is 5.32 Å². The zero-order chi connectivity index (χ0) is 13.3. The predicted octanol–water partition coefficient (Wildman–Crippen LogP) is 1.96. The molecule has 1 aromatic rings. The Morgan fingerprint density at radius 3 is 2.33 bits per heavy atom. The Hall–Kier alpha value is -1.55. The van der Waals surface area contributed by atoms with Gasteiger partial charge >= 0.3 is 5.97 Å². The first-order valence-corrected chi connectivity index (χ1v) is 6.13. The molecule has 1 aromatic carbocycles. The lowest BCUT2D eigenvalue weighted by Crippen LogP contribution is -2.43. The van der Waals surface area contributed by atoms with Gasteiger partial charge in [0.2, 0.25) is 5.91 Å². The third-order valence-corrected chi connectivity index (χ3v) is 3.55. The molecule has 1 atom stereocenters. The summed E-state index contributed by atoms with van der Waals surface area (Å²) in [6, 6.07) is 6.25. The zero-order valence-electron chi connectivity index (χ0n) is 9.94. The summed E-state index contributed by atoms with van der Waals surface area (Å²) in [5.74, 6) is -1.25. The number of amides is 1. The first kappa shape index (κ1) is 12.9. The highest BCUT2D eigenvalue weighted by Crippen LogP contribution is 2.48. The molecule has 1 aliphatic carbocycles. The summed E-state index contributed by atoms with van der Waals surface area (Å²) in [4.78, 5) is 22.9. The maximum Gasteiger partial charge on any atom is 0.325 e. The van der Waals surface area contributed by atoms with E-state index in [1.54, 1.807) is 12.1 Å². The summed E-state index contributed by atoms with van der Waals surface area (Å²) in [5.41, 5.74) is 0.330. The molecule has 0 saturated heterocycles. The minimum absolute atomic E-state index is 0.222. The van der Waals surface area contributed by atoms with Crippen LogP contribution in [-0.2, 0) is 15.0 Å². The van der Waals surface area contributed by atoms with E-state index in [1.807, 2.05) is 12.1 Å². The number of hydrogen-bond acceptors (Lipinski definition) is 2. The maximum absolute atomic E-state index is 12.1. The van der Waals surface area contributed by atoms with Crippen LogP contribution in [-0.4, -0.2) is 23.0 Å². The molecule has 0 unspecified atom stereocenters. The second-order valence-corrected chi connectivity index (χ2v) is 5.06. The van der Waals surface area contributed by atoms with Crippen LogP contribution in [0.1, 0.15) is 25.3 Å². The van der Waals surface area contributed by atoms with E-state index in [4.69, 9.17) is 16.7 Å². The molecule has 2 N–H and O–H groups in total. The number of carbonyl (C=O) groups excluding carboxylic acids is 1. The Bertz CT molecular complexity index is 480. The van der Waals surface area contributed by atoms with E-state index in [1.165, 1.54) is 6.92 Å². The van der Waals surface area contributed by atoms with Crippen LogP contribution in [0.4, 0.5) is 0 Å². The molecule has 0 aliphatic heterocycles. The highest BCUT2D eigenvalue weighted by Gasteiger charge is 2.51. The predicted molar refractivity (Wildman–Crippen MR) is 67.6 cm³/mol. The molecule has 1 amide bonds. The van der Waals surface area contributed by atoms with Gasteiger partial charge in [0.05, 0.1) is 5.41 Å². The van der Waals surface area contributed by atoms with E-state index >= 15 is 0 Å². The first-order chi connectivity index (χ1) is 8.45. The van der Waals surface area contributed by atoms with Crippen molar-refractivity contribution in [1.29, 1.82) is 0 Å². The van der Waals surface area contributed by atoms with Crippen LogP contribution in [0.5, 0.6) is 0 Å². The highest BCUT2D eigenvalue weighted by atomic mass is 35.5. The van der Waals surface area contributed by atoms with Gasteiger partial charge in [-0.15, -0.1) is 0 Å². The van der Waals surface area contributed by atoms with Crippen molar-refractivity contribution in [2.45, 2.75) is 31.2 Å². The van der Waals surface area contributed by atoms with Crippen molar-refractivity contribution in [3.05, 3.63) is 34.9 Å². The molecule has 0 heterocycles. The molecular formula is C13H14ClNO3. The van der Waals surface area contributed by atoms with Gasteiger partial charge in [0, 0.05) is 5.02 Å². The number of carboxylic acids is 1. The molecule has 96 valence electrons. The maximum atomic E-state index is 12.1. The van der Waals surface area contributed by atoms with E-state index in [-0.39, 0.29) is 5.91 Å². The fraction of sp³-hybridized carbons (Fsp3) is 0.385. The van der Waals surface area contributed by atoms with Gasteiger partial charge in [0.15, 0.2) is 0 Å². The van der Waals surface area contributed by atoms with Crippen LogP contribution >= 0.6 is 11.6 Å². The van der Waals surface area contributed by atoms with Crippen LogP contribution < -0.4 is 5.32 Å². The zero-order valence-corrected chi connectivity index (χ0v) is 10.7. The van der Waals surface area contributed by atoms with Gasteiger partial charge in [-0.1, -0.05) is 23.7 Å². The number of benzene rings is 1. The average Bonchev–Trinajstić information content (AvgIpc) is 3.11. The topological polar surface area (TPSA) is 66.4 Å². The van der Waals surface area contributed by atoms with Crippen LogP contribution in [0.25, 0.3) is 0 Å². The molecule has 18 heavy (non-hydrogen) atoms. The van der Waals surface area contributed by atoms with Gasteiger partial charge in [0.1, 0.15) is 6.04 Å². The first-order valence-electron chi connectivity index (χ1n) is 5.75. The largest absolute Gasteiger partial charge is 0.480 e. The van der Waals surface area contributed by atoms with Gasteiger partial charge in [-0.05, 0) is 37.5 Å². The summed E-state index contributed by atoms with van der Waals surface area (Å²) in [6.45, 7) is 1.46. The van der Waals surface area contributed by atoms with E-state index in [0.717, 1.165) is 18.4 Å². The van der Waals surface area contributed by atoms with Crippen molar-refractivity contribution in [2.75, 3.05) is 0 Å². The van der Waals surface area contributed by atoms with Crippen LogP contribution in [0.15, 0.2) is 24.3 Å². The minimum Gasteiger partial charge on any atom is -0.480 e. The molecule has 1 aliphatic rings. The lowest BCUT2D eigenvalue weighted by atomic mass is 9.95. The summed E-state index contributed by atoms with van der Waals surface area (Å²) in [5, 5.41) is 11.9. The smallest absolute Gasteiger partial charge is 0.325 e. The summed E-state index contributed by atoms with van der Waals surface area (Å²) < 4.78 is 0. The van der Waals surface area contributed by atoms with Gasteiger partial charge in [-0.3, -0.25) is 9.59 Å². The van der Waals surface area contributed by atoms with Crippen LogP contribution in [0, 0.1) is 0 Å². The quantitative estimate of drug-likeness (QED) is 0.876. The standard InChI is InChI=1S/C13H14ClNO3/c1-8(11(16)17)15-12(18)13(6-7-13)9-2-4-10(14)5-3-9/h2-5,8H,6-7H2,1H3,(H,15,18)(H,16,17)/t8-/m1/s1. The number of carbonyl (C=O) groups is 2. The summed E-state index contributed by atoms with van der Waals surface area (Å²) >= 11 is 5.81. The fourth-order valence-corrected chi connectivity index (χ4v) is 2.06. The molecule has 0 aromatic heterocycles.